The minimum absolute atomic E-state index is 0.0516. The number of rotatable bonds is 1. The highest BCUT2D eigenvalue weighted by atomic mass is 16.2. The summed E-state index contributed by atoms with van der Waals surface area (Å²) in [5, 5.41) is 6.92. The summed E-state index contributed by atoms with van der Waals surface area (Å²) in [6.45, 7) is 7.29. The van der Waals surface area contributed by atoms with E-state index in [-0.39, 0.29) is 11.9 Å². The van der Waals surface area contributed by atoms with Gasteiger partial charge in [0, 0.05) is 24.8 Å². The van der Waals surface area contributed by atoms with E-state index in [1.165, 1.54) is 0 Å². The number of aromatic amines is 1. The van der Waals surface area contributed by atoms with Crippen LogP contribution in [0.25, 0.3) is 0 Å². The molecule has 94 valence electrons. The van der Waals surface area contributed by atoms with Gasteiger partial charge >= 0.3 is 0 Å². The standard InChI is InChI=1S/C12H20N4O/c1-7-4-10(13)6-16(5-7)12(17)11-8(2)14-15-9(11)3/h7,10H,4-6,13H2,1-3H3,(H,14,15). The van der Waals surface area contributed by atoms with Crippen LogP contribution in [0.2, 0.25) is 0 Å². The normalized spacial score (nSPS) is 25.1. The van der Waals surface area contributed by atoms with Crippen molar-refractivity contribution in [1.82, 2.24) is 15.1 Å². The van der Waals surface area contributed by atoms with E-state index in [0.29, 0.717) is 18.0 Å². The van der Waals surface area contributed by atoms with E-state index in [2.05, 4.69) is 17.1 Å². The highest BCUT2D eigenvalue weighted by Crippen LogP contribution is 2.19. The van der Waals surface area contributed by atoms with Crippen LogP contribution in [0.5, 0.6) is 0 Å². The number of amides is 1. The Labute approximate surface area is 101 Å². The summed E-state index contributed by atoms with van der Waals surface area (Å²) in [4.78, 5) is 14.3. The minimum Gasteiger partial charge on any atom is -0.337 e. The van der Waals surface area contributed by atoms with Gasteiger partial charge in [-0.2, -0.15) is 5.10 Å². The second kappa shape index (κ2) is 4.49. The molecule has 1 amide bonds. The molecule has 0 aromatic carbocycles. The summed E-state index contributed by atoms with van der Waals surface area (Å²) in [5.41, 5.74) is 8.26. The van der Waals surface area contributed by atoms with Gasteiger partial charge in [-0.05, 0) is 26.2 Å². The van der Waals surface area contributed by atoms with E-state index in [1.54, 1.807) is 0 Å². The Morgan fingerprint density at radius 1 is 1.47 bits per heavy atom. The van der Waals surface area contributed by atoms with Gasteiger partial charge in [0.15, 0.2) is 0 Å². The van der Waals surface area contributed by atoms with Gasteiger partial charge in [0.05, 0.1) is 11.3 Å². The van der Waals surface area contributed by atoms with Crippen molar-refractivity contribution >= 4 is 5.91 Å². The number of aryl methyl sites for hydroxylation is 2. The molecular weight excluding hydrogens is 216 g/mol. The van der Waals surface area contributed by atoms with Crippen LogP contribution in [-0.4, -0.2) is 40.1 Å². The van der Waals surface area contributed by atoms with Crippen LogP contribution in [0.4, 0.5) is 0 Å². The zero-order valence-corrected chi connectivity index (χ0v) is 10.7. The molecule has 2 rings (SSSR count). The number of carbonyl (C=O) groups is 1. The molecule has 1 aromatic rings. The van der Waals surface area contributed by atoms with Crippen molar-refractivity contribution < 1.29 is 4.79 Å². The highest BCUT2D eigenvalue weighted by Gasteiger charge is 2.28. The summed E-state index contributed by atoms with van der Waals surface area (Å²) >= 11 is 0. The van der Waals surface area contributed by atoms with E-state index >= 15 is 0 Å². The second-order valence-corrected chi connectivity index (χ2v) is 5.12. The van der Waals surface area contributed by atoms with Crippen LogP contribution in [0.15, 0.2) is 0 Å². The maximum absolute atomic E-state index is 12.4. The number of nitrogens with one attached hydrogen (secondary N) is 1. The first-order valence-electron chi connectivity index (χ1n) is 6.05. The molecule has 0 bridgehead atoms. The summed E-state index contributed by atoms with van der Waals surface area (Å²) in [5.74, 6) is 0.519. The average molecular weight is 236 g/mol. The molecule has 0 spiro atoms. The van der Waals surface area contributed by atoms with E-state index < -0.39 is 0 Å². The number of hydrogen-bond acceptors (Lipinski definition) is 3. The van der Waals surface area contributed by atoms with E-state index in [9.17, 15) is 4.79 Å². The lowest BCUT2D eigenvalue weighted by Gasteiger charge is -2.34. The Kier molecular flexibility index (Phi) is 3.19. The summed E-state index contributed by atoms with van der Waals surface area (Å²) in [7, 11) is 0. The molecule has 17 heavy (non-hydrogen) atoms. The molecule has 1 aliphatic heterocycles. The zero-order chi connectivity index (χ0) is 12.6. The number of aromatic nitrogens is 2. The third-order valence-corrected chi connectivity index (χ3v) is 3.32. The third-order valence-electron chi connectivity index (χ3n) is 3.32. The van der Waals surface area contributed by atoms with Gasteiger partial charge in [-0.3, -0.25) is 9.89 Å². The van der Waals surface area contributed by atoms with E-state index in [1.807, 2.05) is 18.7 Å². The highest BCUT2D eigenvalue weighted by molar-refractivity contribution is 5.96. The smallest absolute Gasteiger partial charge is 0.257 e. The Morgan fingerprint density at radius 2 is 2.18 bits per heavy atom. The number of likely N-dealkylation sites (tertiary alicyclic amines) is 1. The molecular formula is C12H20N4O. The molecule has 2 unspecified atom stereocenters. The third kappa shape index (κ3) is 2.34. The lowest BCUT2D eigenvalue weighted by atomic mass is 9.96. The predicted octanol–water partition coefficient (Wildman–Crippen LogP) is 0.836. The molecule has 1 aliphatic rings. The molecule has 2 atom stereocenters. The van der Waals surface area contributed by atoms with Crippen molar-refractivity contribution in [2.45, 2.75) is 33.2 Å². The zero-order valence-electron chi connectivity index (χ0n) is 10.7. The Morgan fingerprint density at radius 3 is 2.71 bits per heavy atom. The topological polar surface area (TPSA) is 75.0 Å². The monoisotopic (exact) mass is 236 g/mol. The predicted molar refractivity (Wildman–Crippen MR) is 65.7 cm³/mol. The Balaban J connectivity index is 2.20. The van der Waals surface area contributed by atoms with Crippen LogP contribution in [-0.2, 0) is 0 Å². The van der Waals surface area contributed by atoms with Crippen molar-refractivity contribution in [3.05, 3.63) is 17.0 Å². The lowest BCUT2D eigenvalue weighted by molar-refractivity contribution is 0.0659. The minimum atomic E-state index is 0.0516. The summed E-state index contributed by atoms with van der Waals surface area (Å²) in [6.07, 6.45) is 0.993. The van der Waals surface area contributed by atoms with Gasteiger partial charge in [-0.15, -0.1) is 0 Å². The molecule has 0 saturated carbocycles. The van der Waals surface area contributed by atoms with Gasteiger partial charge in [-0.1, -0.05) is 6.92 Å². The molecule has 5 nitrogen and oxygen atoms in total. The van der Waals surface area contributed by atoms with Gasteiger partial charge < -0.3 is 10.6 Å². The molecule has 1 fully saturated rings. The summed E-state index contributed by atoms with van der Waals surface area (Å²) in [6, 6.07) is 0.0928. The fraction of sp³-hybridized carbons (Fsp3) is 0.667. The average Bonchev–Trinajstić information content (AvgIpc) is 2.56. The van der Waals surface area contributed by atoms with Gasteiger partial charge in [0.1, 0.15) is 0 Å². The summed E-state index contributed by atoms with van der Waals surface area (Å²) < 4.78 is 0. The molecule has 3 N–H and O–H groups in total. The van der Waals surface area contributed by atoms with E-state index in [0.717, 1.165) is 24.4 Å². The Hall–Kier alpha value is -1.36. The molecule has 0 aliphatic carbocycles. The van der Waals surface area contributed by atoms with Gasteiger partial charge in [0.2, 0.25) is 0 Å². The van der Waals surface area contributed by atoms with Crippen LogP contribution in [0, 0.1) is 19.8 Å². The van der Waals surface area contributed by atoms with Crippen molar-refractivity contribution in [3.63, 3.8) is 0 Å². The van der Waals surface area contributed by atoms with Crippen LogP contribution >= 0.6 is 0 Å². The second-order valence-electron chi connectivity index (χ2n) is 5.12. The van der Waals surface area contributed by atoms with Crippen molar-refractivity contribution in [2.75, 3.05) is 13.1 Å². The first-order valence-corrected chi connectivity index (χ1v) is 6.05. The van der Waals surface area contributed by atoms with Crippen molar-refractivity contribution in [3.8, 4) is 0 Å². The fourth-order valence-electron chi connectivity index (χ4n) is 2.59. The maximum Gasteiger partial charge on any atom is 0.257 e. The van der Waals surface area contributed by atoms with Crippen LogP contribution < -0.4 is 5.73 Å². The number of piperidine rings is 1. The quantitative estimate of drug-likeness (QED) is 0.758. The number of nitrogens with zero attached hydrogens (tertiary/aromatic N) is 2. The largest absolute Gasteiger partial charge is 0.337 e. The van der Waals surface area contributed by atoms with Crippen molar-refractivity contribution in [2.24, 2.45) is 11.7 Å². The first kappa shape index (κ1) is 12.1. The van der Waals surface area contributed by atoms with Crippen molar-refractivity contribution in [1.29, 1.82) is 0 Å². The molecule has 1 aromatic heterocycles. The van der Waals surface area contributed by atoms with Gasteiger partial charge in [-0.25, -0.2) is 0 Å². The van der Waals surface area contributed by atoms with Gasteiger partial charge in [0.25, 0.3) is 5.91 Å². The Bertz CT molecular complexity index is 397. The fourth-order valence-corrected chi connectivity index (χ4v) is 2.59. The van der Waals surface area contributed by atoms with Crippen LogP contribution in [0.1, 0.15) is 35.1 Å². The number of carbonyl (C=O) groups excluding carboxylic acids is 1. The molecule has 5 heteroatoms. The lowest BCUT2D eigenvalue weighted by Crippen LogP contribution is -2.49. The van der Waals surface area contributed by atoms with E-state index in [4.69, 9.17) is 5.73 Å². The maximum atomic E-state index is 12.4. The SMILES string of the molecule is Cc1n[nH]c(C)c1C(=O)N1CC(C)CC(N)C1. The molecule has 1 saturated heterocycles. The van der Waals surface area contributed by atoms with Crippen LogP contribution in [0.3, 0.4) is 0 Å². The first-order chi connectivity index (χ1) is 7.99. The number of hydrogen-bond donors (Lipinski definition) is 2. The molecule has 0 radical (unpaired) electrons. The molecule has 2 heterocycles. The number of nitrogens with two attached hydrogens (primary N) is 1. The number of H-pyrrole nitrogens is 1.